The fourth-order valence-corrected chi connectivity index (χ4v) is 3.56. The van der Waals surface area contributed by atoms with Gasteiger partial charge in [-0.15, -0.1) is 10.2 Å². The second kappa shape index (κ2) is 6.51. The molecule has 1 atom stereocenters. The molecule has 2 heterocycles. The van der Waals surface area contributed by atoms with Crippen molar-refractivity contribution in [1.29, 1.82) is 0 Å². The van der Waals surface area contributed by atoms with E-state index in [1.54, 1.807) is 11.0 Å². The number of amides is 2. The highest BCUT2D eigenvalue weighted by Gasteiger charge is 2.31. The highest BCUT2D eigenvalue weighted by Crippen LogP contribution is 2.40. The van der Waals surface area contributed by atoms with Crippen LogP contribution < -0.4 is 10.2 Å². The summed E-state index contributed by atoms with van der Waals surface area (Å²) in [7, 11) is 0. The number of hydrogen-bond donors (Lipinski definition) is 1. The van der Waals surface area contributed by atoms with Crippen LogP contribution in [0.15, 0.2) is 33.9 Å². The van der Waals surface area contributed by atoms with E-state index in [-0.39, 0.29) is 30.0 Å². The smallest absolute Gasteiger partial charge is 0.277 e. The zero-order valence-corrected chi connectivity index (χ0v) is 14.6. The summed E-state index contributed by atoms with van der Waals surface area (Å²) in [4.78, 5) is 26.5. The summed E-state index contributed by atoms with van der Waals surface area (Å²) in [6.07, 6.45) is 2.44. The fourth-order valence-electron chi connectivity index (χ4n) is 2.93. The Hall–Kier alpha value is -2.35. The summed E-state index contributed by atoms with van der Waals surface area (Å²) in [5.74, 6) is 1.06. The molecule has 1 aliphatic heterocycles. The van der Waals surface area contributed by atoms with Crippen molar-refractivity contribution in [3.8, 4) is 0 Å². The van der Waals surface area contributed by atoms with Crippen LogP contribution in [0, 0.1) is 0 Å². The highest BCUT2D eigenvalue weighted by molar-refractivity contribution is 7.99. The second-order valence-corrected chi connectivity index (χ2v) is 7.28. The van der Waals surface area contributed by atoms with Crippen LogP contribution in [-0.4, -0.2) is 33.8 Å². The van der Waals surface area contributed by atoms with Gasteiger partial charge in [-0.1, -0.05) is 23.9 Å². The van der Waals surface area contributed by atoms with Crippen LogP contribution in [0.5, 0.6) is 0 Å². The van der Waals surface area contributed by atoms with E-state index in [1.807, 2.05) is 25.1 Å². The van der Waals surface area contributed by atoms with Crippen LogP contribution in [0.3, 0.4) is 0 Å². The minimum Gasteiger partial charge on any atom is -0.416 e. The number of carbonyl (C=O) groups is 2. The van der Waals surface area contributed by atoms with Gasteiger partial charge in [0, 0.05) is 18.4 Å². The maximum atomic E-state index is 12.8. The Kier molecular flexibility index (Phi) is 4.20. The number of carbonyl (C=O) groups excluding carboxylic acids is 2. The molecule has 0 unspecified atom stereocenters. The maximum absolute atomic E-state index is 12.8. The quantitative estimate of drug-likeness (QED) is 0.846. The predicted octanol–water partition coefficient (Wildman–Crippen LogP) is 2.80. The Morgan fingerprint density at radius 2 is 2.16 bits per heavy atom. The second-order valence-electron chi connectivity index (χ2n) is 6.35. The molecule has 0 spiro atoms. The third-order valence-electron chi connectivity index (χ3n) is 4.30. The van der Waals surface area contributed by atoms with Gasteiger partial charge in [-0.3, -0.25) is 9.59 Å². The molecule has 130 valence electrons. The Balaban J connectivity index is 1.50. The molecular formula is C17H18N4O3S. The van der Waals surface area contributed by atoms with E-state index in [1.165, 1.54) is 11.8 Å². The lowest BCUT2D eigenvalue weighted by atomic mass is 10.2. The van der Waals surface area contributed by atoms with E-state index in [4.69, 9.17) is 4.42 Å². The zero-order valence-electron chi connectivity index (χ0n) is 13.8. The van der Waals surface area contributed by atoms with Crippen molar-refractivity contribution in [2.24, 2.45) is 0 Å². The van der Waals surface area contributed by atoms with Crippen LogP contribution in [0.25, 0.3) is 0 Å². The minimum atomic E-state index is -0.221. The van der Waals surface area contributed by atoms with Gasteiger partial charge < -0.3 is 14.6 Å². The molecule has 1 aromatic carbocycles. The van der Waals surface area contributed by atoms with Gasteiger partial charge >= 0.3 is 0 Å². The summed E-state index contributed by atoms with van der Waals surface area (Å²) in [5, 5.41) is 11.3. The molecule has 0 bridgehead atoms. The van der Waals surface area contributed by atoms with E-state index in [9.17, 15) is 9.59 Å². The molecule has 2 aromatic rings. The topological polar surface area (TPSA) is 88.3 Å². The number of para-hydroxylation sites is 2. The molecule has 0 radical (unpaired) electrons. The van der Waals surface area contributed by atoms with Crippen molar-refractivity contribution in [3.05, 3.63) is 30.2 Å². The van der Waals surface area contributed by atoms with Crippen molar-refractivity contribution in [3.63, 3.8) is 0 Å². The lowest BCUT2D eigenvalue weighted by molar-refractivity contribution is -0.117. The monoisotopic (exact) mass is 358 g/mol. The molecule has 7 nitrogen and oxygen atoms in total. The van der Waals surface area contributed by atoms with E-state index >= 15 is 0 Å². The maximum Gasteiger partial charge on any atom is 0.277 e. The third-order valence-corrected chi connectivity index (χ3v) is 5.10. The number of rotatable bonds is 4. The van der Waals surface area contributed by atoms with Crippen molar-refractivity contribution in [1.82, 2.24) is 10.2 Å². The number of nitrogens with zero attached hydrogens (tertiary/aromatic N) is 3. The number of thioether (sulfide) groups is 1. The van der Waals surface area contributed by atoms with Gasteiger partial charge in [0.1, 0.15) is 0 Å². The van der Waals surface area contributed by atoms with E-state index in [0.29, 0.717) is 22.7 Å². The Labute approximate surface area is 149 Å². The first-order valence-electron chi connectivity index (χ1n) is 8.29. The number of hydrogen-bond acceptors (Lipinski definition) is 6. The molecule has 1 fully saturated rings. The molecule has 1 aromatic heterocycles. The average Bonchev–Trinajstić information content (AvgIpc) is 3.34. The lowest BCUT2D eigenvalue weighted by Crippen LogP contribution is -2.40. The Morgan fingerprint density at radius 3 is 2.96 bits per heavy atom. The van der Waals surface area contributed by atoms with Gasteiger partial charge in [-0.05, 0) is 31.9 Å². The zero-order chi connectivity index (χ0) is 17.4. The van der Waals surface area contributed by atoms with Gasteiger partial charge in [0.2, 0.25) is 17.7 Å². The molecule has 1 aliphatic carbocycles. The van der Waals surface area contributed by atoms with E-state index in [0.717, 1.165) is 18.5 Å². The van der Waals surface area contributed by atoms with Crippen LogP contribution in [0.1, 0.15) is 38.0 Å². The van der Waals surface area contributed by atoms with Gasteiger partial charge in [-0.25, -0.2) is 0 Å². The molecule has 25 heavy (non-hydrogen) atoms. The van der Waals surface area contributed by atoms with Crippen molar-refractivity contribution < 1.29 is 14.0 Å². The van der Waals surface area contributed by atoms with Gasteiger partial charge in [0.25, 0.3) is 5.22 Å². The van der Waals surface area contributed by atoms with Crippen molar-refractivity contribution >= 4 is 35.0 Å². The van der Waals surface area contributed by atoms with Crippen LogP contribution in [0.2, 0.25) is 0 Å². The van der Waals surface area contributed by atoms with Gasteiger partial charge in [-0.2, -0.15) is 0 Å². The summed E-state index contributed by atoms with van der Waals surface area (Å²) < 4.78 is 5.59. The summed E-state index contributed by atoms with van der Waals surface area (Å²) in [5.41, 5.74) is 1.37. The average molecular weight is 358 g/mol. The largest absolute Gasteiger partial charge is 0.416 e. The van der Waals surface area contributed by atoms with Gasteiger partial charge in [0.05, 0.1) is 17.1 Å². The molecular weight excluding hydrogens is 340 g/mol. The molecule has 2 amide bonds. The molecule has 4 rings (SSSR count). The minimum absolute atomic E-state index is 0.0890. The van der Waals surface area contributed by atoms with Crippen molar-refractivity contribution in [2.45, 2.75) is 43.4 Å². The van der Waals surface area contributed by atoms with Crippen molar-refractivity contribution in [2.75, 3.05) is 16.0 Å². The first-order chi connectivity index (χ1) is 12.1. The Morgan fingerprint density at radius 1 is 1.36 bits per heavy atom. The van der Waals surface area contributed by atoms with Gasteiger partial charge in [0.15, 0.2) is 0 Å². The normalized spacial score (nSPS) is 20.0. The van der Waals surface area contributed by atoms with Crippen LogP contribution in [-0.2, 0) is 9.59 Å². The summed E-state index contributed by atoms with van der Waals surface area (Å²) in [6, 6.07) is 7.12. The van der Waals surface area contributed by atoms with E-state index in [2.05, 4.69) is 15.5 Å². The predicted molar refractivity (Wildman–Crippen MR) is 93.6 cm³/mol. The lowest BCUT2D eigenvalue weighted by Gasteiger charge is -2.27. The number of benzene rings is 1. The fraction of sp³-hybridized carbons (Fsp3) is 0.412. The first kappa shape index (κ1) is 16.1. The first-order valence-corrected chi connectivity index (χ1v) is 9.27. The number of nitrogens with one attached hydrogen (secondary N) is 1. The number of anilines is 2. The number of fused-ring (bicyclic) bond motifs is 1. The molecule has 0 saturated heterocycles. The molecule has 1 saturated carbocycles. The summed E-state index contributed by atoms with van der Waals surface area (Å²) in [6.45, 7) is 1.88. The molecule has 1 N–H and O–H groups in total. The SMILES string of the molecule is C[C@H]1CC(=O)Nc2ccccc2N1C(=O)CSc1nnc(C2CC2)o1. The standard InChI is InChI=1S/C17H18N4O3S/c1-10-8-14(22)18-12-4-2-3-5-13(12)21(10)15(23)9-25-17-20-19-16(24-17)11-6-7-11/h2-5,10-11H,6-9H2,1H3,(H,18,22)/t10-/m0/s1. The molecule has 8 heteroatoms. The van der Waals surface area contributed by atoms with Crippen LogP contribution >= 0.6 is 11.8 Å². The highest BCUT2D eigenvalue weighted by atomic mass is 32.2. The summed E-state index contributed by atoms with van der Waals surface area (Å²) >= 11 is 1.24. The third kappa shape index (κ3) is 3.39. The molecule has 2 aliphatic rings. The Bertz CT molecular complexity index is 818. The number of aromatic nitrogens is 2. The van der Waals surface area contributed by atoms with E-state index < -0.39 is 0 Å². The van der Waals surface area contributed by atoms with Crippen LogP contribution in [0.4, 0.5) is 11.4 Å².